The first-order chi connectivity index (χ1) is 9.69. The van der Waals surface area contributed by atoms with Gasteiger partial charge in [0.15, 0.2) is 6.29 Å². The molecule has 3 aromatic rings. The molecule has 20 heavy (non-hydrogen) atoms. The number of para-hydroxylation sites is 1. The first kappa shape index (κ1) is 13.0. The van der Waals surface area contributed by atoms with Crippen molar-refractivity contribution in [3.8, 4) is 11.3 Å². The summed E-state index contributed by atoms with van der Waals surface area (Å²) >= 11 is 11.9. The van der Waals surface area contributed by atoms with Crippen molar-refractivity contribution in [3.05, 3.63) is 58.3 Å². The summed E-state index contributed by atoms with van der Waals surface area (Å²) in [5, 5.41) is 1.76. The van der Waals surface area contributed by atoms with Crippen molar-refractivity contribution in [2.45, 2.75) is 0 Å². The number of benzene rings is 1. The van der Waals surface area contributed by atoms with Gasteiger partial charge in [-0.1, -0.05) is 35.3 Å². The van der Waals surface area contributed by atoms with Crippen molar-refractivity contribution < 1.29 is 4.79 Å². The van der Waals surface area contributed by atoms with Gasteiger partial charge in [0.25, 0.3) is 0 Å². The van der Waals surface area contributed by atoms with Crippen molar-refractivity contribution in [1.82, 2.24) is 9.97 Å². The molecule has 0 atom stereocenters. The normalized spacial score (nSPS) is 10.7. The van der Waals surface area contributed by atoms with Crippen molar-refractivity contribution >= 4 is 40.4 Å². The smallest absolute Gasteiger partial charge is 0.152 e. The molecule has 0 aliphatic heterocycles. The molecule has 2 heterocycles. The lowest BCUT2D eigenvalue weighted by atomic mass is 10.1. The van der Waals surface area contributed by atoms with Gasteiger partial charge in [-0.3, -0.25) is 4.79 Å². The Hall–Kier alpha value is -1.97. The molecule has 0 spiro atoms. The van der Waals surface area contributed by atoms with Crippen molar-refractivity contribution in [1.29, 1.82) is 0 Å². The zero-order valence-electron chi connectivity index (χ0n) is 10.2. The largest absolute Gasteiger partial charge is 0.298 e. The lowest BCUT2D eigenvalue weighted by Crippen LogP contribution is -1.94. The minimum atomic E-state index is 0.389. The number of pyridine rings is 2. The standard InChI is InChI=1S/C15H8Cl2N2O/c16-12-3-1-2-9-6-11(8-20)14(19-15(9)12)10-4-5-13(17)18-7-10/h1-8H. The molecule has 0 N–H and O–H groups in total. The number of hydrogen-bond acceptors (Lipinski definition) is 3. The maximum absolute atomic E-state index is 11.3. The van der Waals surface area contributed by atoms with Gasteiger partial charge >= 0.3 is 0 Å². The third-order valence-corrected chi connectivity index (χ3v) is 3.48. The van der Waals surface area contributed by atoms with E-state index in [2.05, 4.69) is 9.97 Å². The molecule has 5 heteroatoms. The number of nitrogens with zero attached hydrogens (tertiary/aromatic N) is 2. The van der Waals surface area contributed by atoms with E-state index in [4.69, 9.17) is 23.2 Å². The summed E-state index contributed by atoms with van der Waals surface area (Å²) in [6.07, 6.45) is 2.36. The molecule has 0 aliphatic rings. The summed E-state index contributed by atoms with van der Waals surface area (Å²) in [7, 11) is 0. The Morgan fingerprint density at radius 2 is 1.95 bits per heavy atom. The number of rotatable bonds is 2. The Morgan fingerprint density at radius 1 is 1.10 bits per heavy atom. The molecule has 0 radical (unpaired) electrons. The van der Waals surface area contributed by atoms with Gasteiger partial charge in [0.05, 0.1) is 16.2 Å². The van der Waals surface area contributed by atoms with Crippen molar-refractivity contribution in [2.75, 3.05) is 0 Å². The van der Waals surface area contributed by atoms with Gasteiger partial charge in [0, 0.05) is 22.7 Å². The number of aldehydes is 1. The van der Waals surface area contributed by atoms with Gasteiger partial charge in [-0.05, 0) is 24.3 Å². The summed E-state index contributed by atoms with van der Waals surface area (Å²) in [4.78, 5) is 19.8. The van der Waals surface area contributed by atoms with E-state index in [1.165, 1.54) is 0 Å². The monoisotopic (exact) mass is 302 g/mol. The predicted octanol–water partition coefficient (Wildman–Crippen LogP) is 4.42. The van der Waals surface area contributed by atoms with Crippen LogP contribution in [0.3, 0.4) is 0 Å². The Morgan fingerprint density at radius 3 is 2.65 bits per heavy atom. The summed E-state index contributed by atoms with van der Waals surface area (Å²) in [6.45, 7) is 0. The maximum atomic E-state index is 11.3. The molecule has 0 amide bonds. The molecule has 0 aliphatic carbocycles. The van der Waals surface area contributed by atoms with Crippen LogP contribution in [0.15, 0.2) is 42.6 Å². The van der Waals surface area contributed by atoms with Crippen molar-refractivity contribution in [2.24, 2.45) is 0 Å². The highest BCUT2D eigenvalue weighted by Gasteiger charge is 2.11. The van der Waals surface area contributed by atoms with Gasteiger partial charge in [0.2, 0.25) is 0 Å². The zero-order chi connectivity index (χ0) is 14.1. The van der Waals surface area contributed by atoms with Gasteiger partial charge in [0.1, 0.15) is 5.15 Å². The summed E-state index contributed by atoms with van der Waals surface area (Å²) < 4.78 is 0. The minimum absolute atomic E-state index is 0.389. The maximum Gasteiger partial charge on any atom is 0.152 e. The van der Waals surface area contributed by atoms with Gasteiger partial charge in [-0.15, -0.1) is 0 Å². The quantitative estimate of drug-likeness (QED) is 0.520. The highest BCUT2D eigenvalue weighted by molar-refractivity contribution is 6.35. The first-order valence-corrected chi connectivity index (χ1v) is 6.61. The fraction of sp³-hybridized carbons (Fsp3) is 0. The highest BCUT2D eigenvalue weighted by Crippen LogP contribution is 2.28. The second kappa shape index (κ2) is 5.19. The molecule has 1 aromatic carbocycles. The van der Waals surface area contributed by atoms with Crippen LogP contribution in [-0.2, 0) is 0 Å². The number of carbonyl (C=O) groups is 1. The van der Waals surface area contributed by atoms with Crippen LogP contribution in [0.25, 0.3) is 22.2 Å². The number of carbonyl (C=O) groups excluding carboxylic acids is 1. The molecule has 0 bridgehead atoms. The van der Waals surface area contributed by atoms with E-state index in [-0.39, 0.29) is 0 Å². The fourth-order valence-corrected chi connectivity index (χ4v) is 2.35. The molecular weight excluding hydrogens is 295 g/mol. The molecular formula is C15H8Cl2N2O. The Kier molecular flexibility index (Phi) is 3.38. The Labute approximate surface area is 125 Å². The minimum Gasteiger partial charge on any atom is -0.298 e. The van der Waals surface area contributed by atoms with E-state index in [0.29, 0.717) is 26.9 Å². The van der Waals surface area contributed by atoms with Crippen LogP contribution in [0.5, 0.6) is 0 Å². The highest BCUT2D eigenvalue weighted by atomic mass is 35.5. The lowest BCUT2D eigenvalue weighted by molar-refractivity contribution is 0.112. The summed E-state index contributed by atoms with van der Waals surface area (Å²) in [5.74, 6) is 0. The molecule has 2 aromatic heterocycles. The summed E-state index contributed by atoms with van der Waals surface area (Å²) in [6, 6.07) is 10.7. The average Bonchev–Trinajstić information content (AvgIpc) is 2.47. The van der Waals surface area contributed by atoms with E-state index in [1.807, 2.05) is 12.1 Å². The molecule has 0 fully saturated rings. The molecule has 3 rings (SSSR count). The van der Waals surface area contributed by atoms with E-state index >= 15 is 0 Å². The van der Waals surface area contributed by atoms with Crippen LogP contribution in [0.4, 0.5) is 0 Å². The van der Waals surface area contributed by atoms with Gasteiger partial charge < -0.3 is 0 Å². The molecule has 98 valence electrons. The summed E-state index contributed by atoms with van der Waals surface area (Å²) in [5.41, 5.74) is 2.41. The first-order valence-electron chi connectivity index (χ1n) is 5.85. The number of hydrogen-bond donors (Lipinski definition) is 0. The van der Waals surface area contributed by atoms with Crippen molar-refractivity contribution in [3.63, 3.8) is 0 Å². The third kappa shape index (κ3) is 2.26. The fourth-order valence-electron chi connectivity index (χ4n) is 2.02. The third-order valence-electron chi connectivity index (χ3n) is 2.95. The zero-order valence-corrected chi connectivity index (χ0v) is 11.7. The van der Waals surface area contributed by atoms with Gasteiger partial charge in [-0.2, -0.15) is 0 Å². The molecule has 0 unspecified atom stereocenters. The molecule has 0 saturated heterocycles. The average molecular weight is 303 g/mol. The van der Waals surface area contributed by atoms with Crippen LogP contribution < -0.4 is 0 Å². The second-order valence-corrected chi connectivity index (χ2v) is 5.02. The van der Waals surface area contributed by atoms with Crippen LogP contribution in [-0.4, -0.2) is 16.3 Å². The van der Waals surface area contributed by atoms with Crippen LogP contribution in [0, 0.1) is 0 Å². The van der Waals surface area contributed by atoms with Crippen LogP contribution >= 0.6 is 23.2 Å². The number of aromatic nitrogens is 2. The number of fused-ring (bicyclic) bond motifs is 1. The topological polar surface area (TPSA) is 42.9 Å². The molecule has 3 nitrogen and oxygen atoms in total. The molecule has 0 saturated carbocycles. The SMILES string of the molecule is O=Cc1cc2cccc(Cl)c2nc1-c1ccc(Cl)nc1. The van der Waals surface area contributed by atoms with E-state index in [1.54, 1.807) is 30.5 Å². The van der Waals surface area contributed by atoms with E-state index in [9.17, 15) is 4.79 Å². The second-order valence-electron chi connectivity index (χ2n) is 4.23. The van der Waals surface area contributed by atoms with Crippen LogP contribution in [0.1, 0.15) is 10.4 Å². The Bertz CT molecular complexity index is 801. The predicted molar refractivity (Wildman–Crippen MR) is 80.4 cm³/mol. The van der Waals surface area contributed by atoms with E-state index in [0.717, 1.165) is 17.2 Å². The Balaban J connectivity index is 2.30. The van der Waals surface area contributed by atoms with Crippen LogP contribution in [0.2, 0.25) is 10.2 Å². The number of halogens is 2. The lowest BCUT2D eigenvalue weighted by Gasteiger charge is -2.07. The van der Waals surface area contributed by atoms with Gasteiger partial charge in [-0.25, -0.2) is 9.97 Å². The van der Waals surface area contributed by atoms with E-state index < -0.39 is 0 Å².